The van der Waals surface area contributed by atoms with E-state index in [0.717, 1.165) is 55.8 Å². The highest BCUT2D eigenvalue weighted by atomic mass is 16.3. The summed E-state index contributed by atoms with van der Waals surface area (Å²) in [4.78, 5) is 2.46. The lowest BCUT2D eigenvalue weighted by atomic mass is 9.82. The lowest BCUT2D eigenvalue weighted by Crippen LogP contribution is -2.16. The molecule has 1 aliphatic rings. The van der Waals surface area contributed by atoms with Gasteiger partial charge in [-0.3, -0.25) is 0 Å². The molecule has 0 unspecified atom stereocenters. The standard InChI is InChI=1S/C63H44N2O/c1-63(2)53-23-13-12-22-49(53)61-54(63)24-14-25-57(61)65(48-33-28-43(29-34-48)41-16-6-3-7-17-41)58-26-15-27-60-62(58)52-40-46(32-37-59(52)66-60)45-31-36-56-51(39-45)50-38-44(42-18-8-4-9-19-42)30-35-55(50)64(56)47-20-10-5-11-21-47/h3-40H,1-2H3. The van der Waals surface area contributed by atoms with Gasteiger partial charge in [0, 0.05) is 38.5 Å². The van der Waals surface area contributed by atoms with Gasteiger partial charge in [-0.2, -0.15) is 0 Å². The second-order valence-corrected chi connectivity index (χ2v) is 18.1. The zero-order valence-corrected chi connectivity index (χ0v) is 36.7. The maximum absolute atomic E-state index is 6.77. The third-order valence-corrected chi connectivity index (χ3v) is 14.0. The van der Waals surface area contributed by atoms with E-state index in [4.69, 9.17) is 4.42 Å². The van der Waals surface area contributed by atoms with Crippen molar-refractivity contribution in [1.29, 1.82) is 0 Å². The quantitative estimate of drug-likeness (QED) is 0.159. The second kappa shape index (κ2) is 14.8. The first kappa shape index (κ1) is 38.1. The van der Waals surface area contributed by atoms with Crippen LogP contribution in [0.1, 0.15) is 25.0 Å². The molecule has 1 aliphatic carbocycles. The molecule has 0 amide bonds. The predicted molar refractivity (Wildman–Crippen MR) is 277 cm³/mol. The second-order valence-electron chi connectivity index (χ2n) is 18.1. The molecule has 2 aromatic heterocycles. The number of hydrogen-bond acceptors (Lipinski definition) is 2. The monoisotopic (exact) mass is 844 g/mol. The number of anilines is 3. The van der Waals surface area contributed by atoms with E-state index in [1.165, 1.54) is 66.3 Å². The molecule has 12 aromatic rings. The number of fused-ring (bicyclic) bond motifs is 9. The van der Waals surface area contributed by atoms with Crippen molar-refractivity contribution < 1.29 is 4.42 Å². The Morgan fingerprint density at radius 1 is 0.394 bits per heavy atom. The summed E-state index contributed by atoms with van der Waals surface area (Å²) < 4.78 is 9.16. The van der Waals surface area contributed by atoms with Crippen LogP contribution in [0.4, 0.5) is 17.1 Å². The first-order chi connectivity index (χ1) is 32.5. The Labute approximate surface area is 384 Å². The third kappa shape index (κ3) is 5.90. The van der Waals surface area contributed by atoms with Gasteiger partial charge in [0.1, 0.15) is 11.2 Å². The molecule has 0 saturated carbocycles. The van der Waals surface area contributed by atoms with Crippen molar-refractivity contribution in [1.82, 2.24) is 4.57 Å². The summed E-state index contributed by atoms with van der Waals surface area (Å²) in [6.45, 7) is 4.70. The summed E-state index contributed by atoms with van der Waals surface area (Å²) in [5.74, 6) is 0. The van der Waals surface area contributed by atoms with Crippen molar-refractivity contribution in [3.63, 3.8) is 0 Å². The molecule has 0 spiro atoms. The largest absolute Gasteiger partial charge is 0.456 e. The van der Waals surface area contributed by atoms with Crippen LogP contribution in [-0.4, -0.2) is 4.57 Å². The maximum Gasteiger partial charge on any atom is 0.137 e. The van der Waals surface area contributed by atoms with Crippen molar-refractivity contribution in [2.75, 3.05) is 4.90 Å². The molecule has 0 N–H and O–H groups in total. The van der Waals surface area contributed by atoms with Gasteiger partial charge in [-0.1, -0.05) is 166 Å². The van der Waals surface area contributed by atoms with E-state index in [0.29, 0.717) is 0 Å². The van der Waals surface area contributed by atoms with E-state index in [-0.39, 0.29) is 5.41 Å². The summed E-state index contributed by atoms with van der Waals surface area (Å²) in [5.41, 5.74) is 20.7. The lowest BCUT2D eigenvalue weighted by Gasteiger charge is -2.29. The normalized spacial score (nSPS) is 12.8. The molecule has 312 valence electrons. The Bertz CT molecular complexity index is 3820. The minimum Gasteiger partial charge on any atom is -0.456 e. The van der Waals surface area contributed by atoms with Crippen molar-refractivity contribution in [3.05, 3.63) is 242 Å². The predicted octanol–water partition coefficient (Wildman–Crippen LogP) is 17.5. The molecular weight excluding hydrogens is 801 g/mol. The number of nitrogens with zero attached hydrogens (tertiary/aromatic N) is 2. The average Bonchev–Trinajstić information content (AvgIpc) is 4.00. The highest BCUT2D eigenvalue weighted by molar-refractivity contribution is 6.16. The van der Waals surface area contributed by atoms with Crippen molar-refractivity contribution in [3.8, 4) is 50.2 Å². The molecule has 0 saturated heterocycles. The molecule has 0 fully saturated rings. The summed E-state index contributed by atoms with van der Waals surface area (Å²) in [5, 5.41) is 4.60. The molecule has 3 heteroatoms. The molecule has 0 atom stereocenters. The van der Waals surface area contributed by atoms with E-state index < -0.39 is 0 Å². The van der Waals surface area contributed by atoms with E-state index >= 15 is 0 Å². The SMILES string of the molecule is CC1(C)c2ccccc2-c2c(N(c3ccc(-c4ccccc4)cc3)c3cccc4oc5ccc(-c6ccc7c(c6)c6cc(-c8ccccc8)ccc6n7-c6ccccc6)cc5c34)cccc21. The van der Waals surface area contributed by atoms with Gasteiger partial charge in [-0.05, 0) is 129 Å². The van der Waals surface area contributed by atoms with Gasteiger partial charge < -0.3 is 13.9 Å². The topological polar surface area (TPSA) is 21.3 Å². The Balaban J connectivity index is 1.02. The van der Waals surface area contributed by atoms with E-state index in [1.807, 2.05) is 0 Å². The van der Waals surface area contributed by atoms with Crippen LogP contribution in [0.25, 0.3) is 93.9 Å². The van der Waals surface area contributed by atoms with Gasteiger partial charge in [-0.25, -0.2) is 0 Å². The fraction of sp³-hybridized carbons (Fsp3) is 0.0476. The molecule has 13 rings (SSSR count). The van der Waals surface area contributed by atoms with Crippen LogP contribution in [0.3, 0.4) is 0 Å². The van der Waals surface area contributed by atoms with Gasteiger partial charge in [0.05, 0.1) is 27.8 Å². The number of para-hydroxylation sites is 1. The zero-order chi connectivity index (χ0) is 43.9. The minimum absolute atomic E-state index is 0.147. The van der Waals surface area contributed by atoms with Crippen molar-refractivity contribution in [2.45, 2.75) is 19.3 Å². The molecule has 10 aromatic carbocycles. The number of aromatic nitrogens is 1. The minimum atomic E-state index is -0.147. The van der Waals surface area contributed by atoms with Crippen molar-refractivity contribution in [2.24, 2.45) is 0 Å². The highest BCUT2D eigenvalue weighted by Gasteiger charge is 2.38. The molecule has 3 nitrogen and oxygen atoms in total. The fourth-order valence-corrected chi connectivity index (χ4v) is 10.8. The van der Waals surface area contributed by atoms with Crippen LogP contribution >= 0.6 is 0 Å². The first-order valence-corrected chi connectivity index (χ1v) is 22.8. The Morgan fingerprint density at radius 2 is 0.909 bits per heavy atom. The lowest BCUT2D eigenvalue weighted by molar-refractivity contribution is 0.660. The van der Waals surface area contributed by atoms with Gasteiger partial charge in [-0.15, -0.1) is 0 Å². The summed E-state index contributed by atoms with van der Waals surface area (Å²) >= 11 is 0. The Kier molecular flexibility index (Phi) is 8.56. The third-order valence-electron chi connectivity index (χ3n) is 14.0. The van der Waals surface area contributed by atoms with Gasteiger partial charge in [0.2, 0.25) is 0 Å². The molecule has 0 aliphatic heterocycles. The summed E-state index contributed by atoms with van der Waals surface area (Å²) in [7, 11) is 0. The number of rotatable bonds is 7. The van der Waals surface area contributed by atoms with E-state index in [1.54, 1.807) is 0 Å². The van der Waals surface area contributed by atoms with Crippen LogP contribution in [-0.2, 0) is 5.41 Å². The molecular formula is C63H44N2O. The Hall–Kier alpha value is -8.40. The van der Waals surface area contributed by atoms with Crippen LogP contribution < -0.4 is 4.90 Å². The molecule has 2 heterocycles. The van der Waals surface area contributed by atoms with Gasteiger partial charge >= 0.3 is 0 Å². The summed E-state index contributed by atoms with van der Waals surface area (Å²) in [6.07, 6.45) is 0. The Morgan fingerprint density at radius 3 is 1.61 bits per heavy atom. The van der Waals surface area contributed by atoms with Crippen LogP contribution in [0.5, 0.6) is 0 Å². The van der Waals surface area contributed by atoms with Gasteiger partial charge in [0.25, 0.3) is 0 Å². The van der Waals surface area contributed by atoms with Crippen molar-refractivity contribution >= 4 is 60.8 Å². The van der Waals surface area contributed by atoms with E-state index in [9.17, 15) is 0 Å². The van der Waals surface area contributed by atoms with Crippen LogP contribution in [0, 0.1) is 0 Å². The molecule has 66 heavy (non-hydrogen) atoms. The summed E-state index contributed by atoms with van der Waals surface area (Å²) in [6, 6.07) is 83.8. The van der Waals surface area contributed by atoms with Crippen LogP contribution in [0.2, 0.25) is 0 Å². The molecule has 0 bridgehead atoms. The number of benzene rings is 10. The maximum atomic E-state index is 6.77. The zero-order valence-electron chi connectivity index (χ0n) is 36.7. The average molecular weight is 845 g/mol. The number of hydrogen-bond donors (Lipinski definition) is 0. The van der Waals surface area contributed by atoms with Gasteiger partial charge in [0.15, 0.2) is 0 Å². The van der Waals surface area contributed by atoms with E-state index in [2.05, 4.69) is 254 Å². The first-order valence-electron chi connectivity index (χ1n) is 22.8. The number of furan rings is 1. The van der Waals surface area contributed by atoms with Crippen LogP contribution in [0.15, 0.2) is 235 Å². The fourth-order valence-electron chi connectivity index (χ4n) is 10.8. The highest BCUT2D eigenvalue weighted by Crippen LogP contribution is 2.55. The molecule has 0 radical (unpaired) electrons. The smallest absolute Gasteiger partial charge is 0.137 e.